The van der Waals surface area contributed by atoms with Gasteiger partial charge in [0.05, 0.1) is 30.2 Å². The molecule has 10 rings (SSSR count). The number of hydrogen-bond donors (Lipinski definition) is 3. The van der Waals surface area contributed by atoms with Gasteiger partial charge in [-0.15, -0.1) is 12.4 Å². The number of para-hydroxylation sites is 2. The minimum absolute atomic E-state index is 0. The Morgan fingerprint density at radius 2 is 0.931 bits per heavy atom. The van der Waals surface area contributed by atoms with Crippen molar-refractivity contribution in [2.45, 2.75) is 31.3 Å². The first-order valence-electron chi connectivity index (χ1n) is 19.5. The van der Waals surface area contributed by atoms with E-state index in [1.807, 2.05) is 97.1 Å². The summed E-state index contributed by atoms with van der Waals surface area (Å²) in [6.45, 7) is 4.42. The summed E-state index contributed by atoms with van der Waals surface area (Å²) in [5.41, 5.74) is 7.78. The van der Waals surface area contributed by atoms with Crippen molar-refractivity contribution in [3.63, 3.8) is 0 Å². The van der Waals surface area contributed by atoms with Crippen LogP contribution < -0.4 is 26.2 Å². The van der Waals surface area contributed by atoms with Crippen LogP contribution in [0.25, 0.3) is 22.1 Å². The van der Waals surface area contributed by atoms with Crippen molar-refractivity contribution in [1.29, 1.82) is 0 Å². The third-order valence-corrected chi connectivity index (χ3v) is 10.7. The first kappa shape index (κ1) is 38.5. The van der Waals surface area contributed by atoms with E-state index in [4.69, 9.17) is 9.47 Å². The van der Waals surface area contributed by atoms with E-state index in [0.29, 0.717) is 13.1 Å². The number of imidazole rings is 2. The molecule has 2 saturated heterocycles. The third-order valence-electron chi connectivity index (χ3n) is 10.7. The second-order valence-electron chi connectivity index (χ2n) is 14.6. The average Bonchev–Trinajstić information content (AvgIpc) is 3.72. The Bertz CT molecular complexity index is 2650. The van der Waals surface area contributed by atoms with Gasteiger partial charge >= 0.3 is 11.4 Å². The van der Waals surface area contributed by atoms with Gasteiger partial charge in [0, 0.05) is 26.2 Å². The highest BCUT2D eigenvalue weighted by Gasteiger charge is 2.36. The molecule has 8 aromatic rings. The summed E-state index contributed by atoms with van der Waals surface area (Å²) >= 11 is 0. The molecule has 10 nitrogen and oxygen atoms in total. The first-order chi connectivity index (χ1) is 28.1. The number of aromatic nitrogens is 4. The zero-order valence-corrected chi connectivity index (χ0v) is 32.7. The van der Waals surface area contributed by atoms with Crippen LogP contribution in [0.4, 0.5) is 0 Å². The lowest BCUT2D eigenvalue weighted by atomic mass is 9.94. The van der Waals surface area contributed by atoms with Crippen LogP contribution >= 0.6 is 12.4 Å². The monoisotopic (exact) mass is 792 g/mol. The van der Waals surface area contributed by atoms with E-state index in [0.717, 1.165) is 70.9 Å². The fraction of sp³-hybridized carbons (Fsp3) is 0.191. The largest absolute Gasteiger partial charge is 0.486 e. The predicted octanol–water partition coefficient (Wildman–Crippen LogP) is 7.38. The summed E-state index contributed by atoms with van der Waals surface area (Å²) in [4.78, 5) is 33.5. The lowest BCUT2D eigenvalue weighted by Crippen LogP contribution is -2.55. The van der Waals surface area contributed by atoms with Crippen LogP contribution in [0.3, 0.4) is 0 Å². The van der Waals surface area contributed by atoms with Gasteiger partial charge in [0.25, 0.3) is 0 Å². The quantitative estimate of drug-likeness (QED) is 0.126. The highest BCUT2D eigenvalue weighted by molar-refractivity contribution is 5.85. The Balaban J connectivity index is 0.000000176. The summed E-state index contributed by atoms with van der Waals surface area (Å²) in [6, 6.07) is 53.1. The summed E-state index contributed by atoms with van der Waals surface area (Å²) in [5, 5.41) is 3.18. The number of aromatic amines is 2. The predicted molar refractivity (Wildman–Crippen MR) is 231 cm³/mol. The molecule has 2 aromatic heterocycles. The molecule has 0 unspecified atom stereocenters. The van der Waals surface area contributed by atoms with Crippen LogP contribution in [0.2, 0.25) is 0 Å². The Morgan fingerprint density at radius 1 is 0.517 bits per heavy atom. The molecular formula is C47H45ClN6O4. The van der Waals surface area contributed by atoms with Gasteiger partial charge in [-0.2, -0.15) is 0 Å². The van der Waals surface area contributed by atoms with Crippen LogP contribution in [0.1, 0.15) is 28.3 Å². The molecule has 0 spiro atoms. The second kappa shape index (κ2) is 17.4. The molecule has 0 radical (unpaired) electrons. The summed E-state index contributed by atoms with van der Waals surface area (Å²) in [6.07, 6.45) is 0.253. The van der Waals surface area contributed by atoms with E-state index in [1.165, 1.54) is 11.1 Å². The van der Waals surface area contributed by atoms with Crippen LogP contribution in [0.15, 0.2) is 167 Å². The second-order valence-corrected chi connectivity index (χ2v) is 14.6. The molecule has 0 bridgehead atoms. The number of H-pyrrole nitrogens is 2. The Hall–Kier alpha value is -6.33. The molecule has 6 aromatic carbocycles. The number of rotatable bonds is 11. The van der Waals surface area contributed by atoms with Crippen molar-refractivity contribution in [3.8, 4) is 11.5 Å². The van der Waals surface area contributed by atoms with Crippen molar-refractivity contribution in [2.24, 2.45) is 0 Å². The molecule has 4 heterocycles. The molecule has 2 aliphatic rings. The van der Waals surface area contributed by atoms with E-state index in [1.54, 1.807) is 9.13 Å². The number of benzene rings is 6. The van der Waals surface area contributed by atoms with Gasteiger partial charge < -0.3 is 24.8 Å². The van der Waals surface area contributed by atoms with Gasteiger partial charge in [-0.1, -0.05) is 133 Å². The number of nitrogens with one attached hydrogen (secondary N) is 3. The maximum Gasteiger partial charge on any atom is 0.326 e. The van der Waals surface area contributed by atoms with Crippen molar-refractivity contribution in [1.82, 2.24) is 29.3 Å². The molecule has 0 saturated carbocycles. The fourth-order valence-electron chi connectivity index (χ4n) is 7.69. The minimum Gasteiger partial charge on any atom is -0.486 e. The van der Waals surface area contributed by atoms with Gasteiger partial charge in [-0.05, 0) is 46.5 Å². The first-order valence-corrected chi connectivity index (χ1v) is 19.5. The molecule has 0 atom stereocenters. The minimum atomic E-state index is -0.122. The maximum absolute atomic E-state index is 12.8. The van der Waals surface area contributed by atoms with E-state index < -0.39 is 0 Å². The smallest absolute Gasteiger partial charge is 0.326 e. The maximum atomic E-state index is 12.8. The number of hydrogen-bond acceptors (Lipinski definition) is 6. The van der Waals surface area contributed by atoms with E-state index in [-0.39, 0.29) is 42.0 Å². The lowest BCUT2D eigenvalue weighted by molar-refractivity contribution is 0.00103. The van der Waals surface area contributed by atoms with Crippen LogP contribution in [0.5, 0.6) is 11.5 Å². The average molecular weight is 793 g/mol. The van der Waals surface area contributed by atoms with Gasteiger partial charge in [0.1, 0.15) is 34.7 Å². The van der Waals surface area contributed by atoms with E-state index >= 15 is 0 Å². The molecule has 11 heteroatoms. The number of likely N-dealkylation sites (tertiary alicyclic amines) is 1. The van der Waals surface area contributed by atoms with Crippen molar-refractivity contribution < 1.29 is 9.47 Å². The van der Waals surface area contributed by atoms with Gasteiger partial charge in [-0.3, -0.25) is 14.0 Å². The zero-order chi connectivity index (χ0) is 38.6. The SMILES string of the molecule is Cl.O=c1[nH]c2c(OC3CN(C(c4ccccc4)c4ccccc4)C3)cccc2n1Cc1ccccc1.O=c1[nH]c2c(OC3CNC3)cccc2n1Cc1ccccc1. The summed E-state index contributed by atoms with van der Waals surface area (Å²) in [7, 11) is 0. The lowest BCUT2D eigenvalue weighted by Gasteiger charge is -2.44. The van der Waals surface area contributed by atoms with Crippen LogP contribution in [0, 0.1) is 0 Å². The topological polar surface area (TPSA) is 109 Å². The van der Waals surface area contributed by atoms with Gasteiger partial charge in [0.2, 0.25) is 0 Å². The van der Waals surface area contributed by atoms with Crippen molar-refractivity contribution in [2.75, 3.05) is 26.2 Å². The highest BCUT2D eigenvalue weighted by Crippen LogP contribution is 2.34. The number of nitrogens with zero attached hydrogens (tertiary/aromatic N) is 3. The molecular weight excluding hydrogens is 748 g/mol. The number of ether oxygens (including phenoxy) is 2. The summed E-state index contributed by atoms with van der Waals surface area (Å²) in [5.74, 6) is 1.47. The van der Waals surface area contributed by atoms with Crippen molar-refractivity contribution in [3.05, 3.63) is 201 Å². The van der Waals surface area contributed by atoms with Crippen LogP contribution in [-0.2, 0) is 13.1 Å². The standard InChI is InChI=1S/C30H27N3O2.C17H17N3O2.ClH/c34-30-31-28-26(33(30)19-22-11-4-1-5-12-22)17-10-18-27(28)35-25-20-32(21-25)29(23-13-6-2-7-14-23)24-15-8-3-9-16-24;21-17-19-16-14(20(17)11-12-5-2-1-3-6-12)7-4-8-15(16)22-13-9-18-10-13;/h1-18,25,29H,19-21H2,(H,31,34);1-8,13,18H,9-11H2,(H,19,21);1H. The van der Waals surface area contributed by atoms with Crippen molar-refractivity contribution >= 4 is 34.5 Å². The van der Waals surface area contributed by atoms with Crippen LogP contribution in [-0.4, -0.2) is 62.4 Å². The molecule has 2 fully saturated rings. The molecule has 294 valence electrons. The fourth-order valence-corrected chi connectivity index (χ4v) is 7.69. The molecule has 3 N–H and O–H groups in total. The molecule has 58 heavy (non-hydrogen) atoms. The Kier molecular flexibility index (Phi) is 11.6. The van der Waals surface area contributed by atoms with E-state index in [9.17, 15) is 9.59 Å². The molecule has 0 aliphatic carbocycles. The Morgan fingerprint density at radius 3 is 1.34 bits per heavy atom. The summed E-state index contributed by atoms with van der Waals surface area (Å²) < 4.78 is 15.9. The highest BCUT2D eigenvalue weighted by atomic mass is 35.5. The molecule has 2 aliphatic heterocycles. The van der Waals surface area contributed by atoms with Gasteiger partial charge in [-0.25, -0.2) is 9.59 Å². The zero-order valence-electron chi connectivity index (χ0n) is 31.9. The third kappa shape index (κ3) is 8.22. The van der Waals surface area contributed by atoms with Gasteiger partial charge in [0.15, 0.2) is 0 Å². The number of fused-ring (bicyclic) bond motifs is 2. The molecule has 0 amide bonds. The van der Waals surface area contributed by atoms with E-state index in [2.05, 4.69) is 80.8 Å². The normalized spacial score (nSPS) is 14.3. The number of halogens is 1. The Labute approximate surface area is 342 Å².